The molecule has 162 valence electrons. The molecule has 0 radical (unpaired) electrons. The van der Waals surface area contributed by atoms with Crippen LogP contribution in [0.4, 0.5) is 0 Å². The Morgan fingerprint density at radius 1 is 1.07 bits per heavy atom. The molecule has 1 amide bonds. The summed E-state index contributed by atoms with van der Waals surface area (Å²) >= 11 is 1.95. The lowest BCUT2D eigenvalue weighted by atomic mass is 10.1. The number of carbonyl (C=O) groups excluding carboxylic acids is 1. The molecule has 30 heavy (non-hydrogen) atoms. The highest BCUT2D eigenvalue weighted by atomic mass is 127. The highest BCUT2D eigenvalue weighted by Gasteiger charge is 2.43. The predicted molar refractivity (Wildman–Crippen MR) is 137 cm³/mol. The molecule has 0 heterocycles. The van der Waals surface area contributed by atoms with Crippen LogP contribution in [-0.2, 0) is 6.54 Å². The summed E-state index contributed by atoms with van der Waals surface area (Å²) in [5, 5.41) is 9.74. The molecule has 1 aliphatic carbocycles. The number of hydrogen-bond donors (Lipinski definition) is 3. The first kappa shape index (κ1) is 24.5. The zero-order valence-corrected chi connectivity index (χ0v) is 20.8. The van der Waals surface area contributed by atoms with E-state index >= 15 is 0 Å². The Morgan fingerprint density at radius 2 is 1.83 bits per heavy atom. The van der Waals surface area contributed by atoms with Crippen LogP contribution in [0.3, 0.4) is 0 Å². The van der Waals surface area contributed by atoms with Crippen LogP contribution in [0.5, 0.6) is 0 Å². The van der Waals surface area contributed by atoms with Crippen molar-refractivity contribution < 1.29 is 4.79 Å². The lowest BCUT2D eigenvalue weighted by Gasteiger charge is -2.18. The van der Waals surface area contributed by atoms with E-state index in [0.29, 0.717) is 18.7 Å². The number of aliphatic imine (C=N–C) groups is 1. The fourth-order valence-corrected chi connectivity index (χ4v) is 4.25. The highest BCUT2D eigenvalue weighted by Crippen LogP contribution is 2.51. The van der Waals surface area contributed by atoms with Gasteiger partial charge in [-0.15, -0.1) is 35.7 Å². The van der Waals surface area contributed by atoms with Crippen molar-refractivity contribution in [2.45, 2.75) is 42.4 Å². The van der Waals surface area contributed by atoms with Crippen molar-refractivity contribution in [3.63, 3.8) is 0 Å². The second-order valence-electron chi connectivity index (χ2n) is 7.33. The third kappa shape index (κ3) is 7.50. The van der Waals surface area contributed by atoms with Crippen LogP contribution in [0, 0.1) is 0 Å². The number of nitrogens with one attached hydrogen (secondary N) is 3. The van der Waals surface area contributed by atoms with Crippen LogP contribution in [-0.4, -0.2) is 36.8 Å². The summed E-state index contributed by atoms with van der Waals surface area (Å²) in [6.45, 7) is 4.24. The molecule has 3 rings (SSSR count). The van der Waals surface area contributed by atoms with Gasteiger partial charge in [0.1, 0.15) is 0 Å². The molecule has 7 heteroatoms. The molecule has 0 aromatic heterocycles. The van der Waals surface area contributed by atoms with Gasteiger partial charge in [-0.2, -0.15) is 0 Å². The highest BCUT2D eigenvalue weighted by molar-refractivity contribution is 14.0. The van der Waals surface area contributed by atoms with Crippen LogP contribution in [0.1, 0.15) is 42.1 Å². The number of guanidine groups is 1. The minimum Gasteiger partial charge on any atom is -0.355 e. The van der Waals surface area contributed by atoms with E-state index in [4.69, 9.17) is 0 Å². The van der Waals surface area contributed by atoms with E-state index in [2.05, 4.69) is 51.3 Å². The number of thioether (sulfide) groups is 1. The summed E-state index contributed by atoms with van der Waals surface area (Å²) in [6.07, 6.45) is 3.36. The van der Waals surface area contributed by atoms with Gasteiger partial charge in [0.05, 0.1) is 0 Å². The number of amides is 1. The minimum atomic E-state index is -0.0233. The van der Waals surface area contributed by atoms with E-state index in [0.717, 1.165) is 24.5 Å². The van der Waals surface area contributed by atoms with Gasteiger partial charge in [-0.3, -0.25) is 9.79 Å². The van der Waals surface area contributed by atoms with Gasteiger partial charge in [-0.05, 0) is 49.1 Å². The SMILES string of the molecule is CCCNC(=O)c1cccc(CNC(=NC)NCC2(Sc3ccccc3)CC2)c1.I. The predicted octanol–water partition coefficient (Wildman–Crippen LogP) is 4.43. The van der Waals surface area contributed by atoms with Gasteiger partial charge < -0.3 is 16.0 Å². The zero-order chi connectivity index (χ0) is 20.5. The van der Waals surface area contributed by atoms with E-state index in [-0.39, 0.29) is 34.6 Å². The second kappa shape index (κ2) is 12.2. The number of carbonyl (C=O) groups is 1. The molecule has 0 spiro atoms. The van der Waals surface area contributed by atoms with Crippen LogP contribution in [0.15, 0.2) is 64.5 Å². The van der Waals surface area contributed by atoms with E-state index < -0.39 is 0 Å². The summed E-state index contributed by atoms with van der Waals surface area (Å²) in [5.41, 5.74) is 1.74. The first-order valence-electron chi connectivity index (χ1n) is 10.2. The van der Waals surface area contributed by atoms with Crippen LogP contribution in [0.2, 0.25) is 0 Å². The van der Waals surface area contributed by atoms with E-state index in [1.165, 1.54) is 17.7 Å². The summed E-state index contributed by atoms with van der Waals surface area (Å²) in [7, 11) is 1.79. The molecule has 3 N–H and O–H groups in total. The molecule has 0 saturated heterocycles. The Kier molecular flexibility index (Phi) is 9.97. The summed E-state index contributed by atoms with van der Waals surface area (Å²) in [5.74, 6) is 0.760. The summed E-state index contributed by atoms with van der Waals surface area (Å²) < 4.78 is 0.260. The van der Waals surface area contributed by atoms with Gasteiger partial charge in [0.25, 0.3) is 5.91 Å². The van der Waals surface area contributed by atoms with Crippen molar-refractivity contribution in [2.24, 2.45) is 4.99 Å². The Bertz CT molecular complexity index is 840. The third-order valence-electron chi connectivity index (χ3n) is 4.87. The molecule has 0 unspecified atom stereocenters. The van der Waals surface area contributed by atoms with Crippen LogP contribution >= 0.6 is 35.7 Å². The quantitative estimate of drug-likeness (QED) is 0.251. The zero-order valence-electron chi connectivity index (χ0n) is 17.6. The number of rotatable bonds is 9. The molecule has 5 nitrogen and oxygen atoms in total. The molecule has 0 aliphatic heterocycles. The maximum Gasteiger partial charge on any atom is 0.251 e. The molecule has 2 aromatic carbocycles. The lowest BCUT2D eigenvalue weighted by Crippen LogP contribution is -2.40. The second-order valence-corrected chi connectivity index (χ2v) is 8.88. The van der Waals surface area contributed by atoms with E-state index in [1.54, 1.807) is 7.05 Å². The maximum absolute atomic E-state index is 12.2. The number of halogens is 1. The molecule has 0 bridgehead atoms. The third-order valence-corrected chi connectivity index (χ3v) is 6.37. The molecule has 2 aromatic rings. The number of benzene rings is 2. The Labute approximate surface area is 200 Å². The van der Waals surface area contributed by atoms with Gasteiger partial charge in [-0.1, -0.05) is 37.3 Å². The fraction of sp³-hybridized carbons (Fsp3) is 0.391. The molecular weight excluding hydrogens is 507 g/mol. The van der Waals surface area contributed by atoms with Crippen molar-refractivity contribution in [2.75, 3.05) is 20.1 Å². The normalized spacial score (nSPS) is 14.4. The fourth-order valence-electron chi connectivity index (χ4n) is 3.01. The average Bonchev–Trinajstić information content (AvgIpc) is 3.52. The molecule has 0 atom stereocenters. The Balaban J connectivity index is 0.00000320. The molecule has 1 fully saturated rings. The monoisotopic (exact) mass is 538 g/mol. The smallest absolute Gasteiger partial charge is 0.251 e. The standard InChI is InChI=1S/C23H30N4OS.HI/c1-3-14-25-21(28)19-9-7-8-18(15-19)16-26-22(24-2)27-17-23(12-13-23)29-20-10-5-4-6-11-20;/h4-11,15H,3,12-14,16-17H2,1-2H3,(H,25,28)(H2,24,26,27);1H. The number of nitrogens with zero attached hydrogens (tertiary/aromatic N) is 1. The Morgan fingerprint density at radius 3 is 2.50 bits per heavy atom. The van der Waals surface area contributed by atoms with Gasteiger partial charge in [0.2, 0.25) is 0 Å². The van der Waals surface area contributed by atoms with Crippen molar-refractivity contribution in [1.82, 2.24) is 16.0 Å². The first-order chi connectivity index (χ1) is 14.1. The van der Waals surface area contributed by atoms with Gasteiger partial charge >= 0.3 is 0 Å². The van der Waals surface area contributed by atoms with Crippen LogP contribution < -0.4 is 16.0 Å². The van der Waals surface area contributed by atoms with Gasteiger partial charge in [0.15, 0.2) is 5.96 Å². The average molecular weight is 538 g/mol. The van der Waals surface area contributed by atoms with Crippen molar-refractivity contribution in [1.29, 1.82) is 0 Å². The summed E-state index contributed by atoms with van der Waals surface area (Å²) in [4.78, 5) is 17.8. The van der Waals surface area contributed by atoms with Crippen molar-refractivity contribution >= 4 is 47.6 Å². The number of hydrogen-bond acceptors (Lipinski definition) is 3. The van der Waals surface area contributed by atoms with Crippen molar-refractivity contribution in [3.05, 3.63) is 65.7 Å². The lowest BCUT2D eigenvalue weighted by molar-refractivity contribution is 0.0953. The van der Waals surface area contributed by atoms with Gasteiger partial charge in [0, 0.05) is 41.9 Å². The van der Waals surface area contributed by atoms with E-state index in [1.807, 2.05) is 43.0 Å². The molecular formula is C23H31IN4OS. The minimum absolute atomic E-state index is 0. The van der Waals surface area contributed by atoms with E-state index in [9.17, 15) is 4.79 Å². The van der Waals surface area contributed by atoms with Crippen molar-refractivity contribution in [3.8, 4) is 0 Å². The maximum atomic E-state index is 12.2. The topological polar surface area (TPSA) is 65.5 Å². The molecule has 1 saturated carbocycles. The Hall–Kier alpha value is -1.74. The first-order valence-corrected chi connectivity index (χ1v) is 11.0. The van der Waals surface area contributed by atoms with Gasteiger partial charge in [-0.25, -0.2) is 0 Å². The summed E-state index contributed by atoms with van der Waals surface area (Å²) in [6, 6.07) is 18.3. The largest absolute Gasteiger partial charge is 0.355 e. The van der Waals surface area contributed by atoms with Crippen LogP contribution in [0.25, 0.3) is 0 Å². The molecule has 1 aliphatic rings.